The van der Waals surface area contributed by atoms with Crippen molar-refractivity contribution >= 4 is 0 Å². The van der Waals surface area contributed by atoms with Crippen LogP contribution >= 0.6 is 0 Å². The number of nitrogens with two attached hydrogens (primary N) is 1. The quantitative estimate of drug-likeness (QED) is 0.816. The zero-order chi connectivity index (χ0) is 12.0. The molecule has 0 spiro atoms. The van der Waals surface area contributed by atoms with Gasteiger partial charge in [-0.1, -0.05) is 13.0 Å². The number of pyridine rings is 1. The number of ether oxygens (including phenoxy) is 1. The molecule has 0 aliphatic heterocycles. The second kappa shape index (κ2) is 5.59. The molecule has 1 aromatic rings. The van der Waals surface area contributed by atoms with Crippen LogP contribution in [-0.2, 0) is 11.3 Å². The van der Waals surface area contributed by atoms with Crippen molar-refractivity contribution in [2.75, 3.05) is 6.61 Å². The summed E-state index contributed by atoms with van der Waals surface area (Å²) in [5, 5.41) is 8.83. The Labute approximate surface area is 96.1 Å². The van der Waals surface area contributed by atoms with Crippen molar-refractivity contribution in [3.63, 3.8) is 0 Å². The Hall–Kier alpha value is -1.44. The first-order valence-electron chi connectivity index (χ1n) is 5.29. The molecule has 0 aliphatic carbocycles. The molecule has 2 N–H and O–H groups in total. The highest BCUT2D eigenvalue weighted by Gasteiger charge is 2.15. The summed E-state index contributed by atoms with van der Waals surface area (Å²) >= 11 is 0. The lowest BCUT2D eigenvalue weighted by Gasteiger charge is -2.22. The third-order valence-corrected chi connectivity index (χ3v) is 2.49. The van der Waals surface area contributed by atoms with Crippen molar-refractivity contribution in [3.05, 3.63) is 29.6 Å². The SMILES string of the molecule is CCC(C)(N)COCc1cccnc1C#N. The van der Waals surface area contributed by atoms with Gasteiger partial charge in [-0.2, -0.15) is 5.26 Å². The van der Waals surface area contributed by atoms with Crippen molar-refractivity contribution in [1.29, 1.82) is 5.26 Å². The molecule has 0 saturated carbocycles. The molecule has 1 atom stereocenters. The third-order valence-electron chi connectivity index (χ3n) is 2.49. The standard InChI is InChI=1S/C12H17N3O/c1-3-12(2,14)9-16-8-10-5-4-6-15-11(10)7-13/h4-6H,3,8-9,14H2,1-2H3. The Morgan fingerprint density at radius 2 is 2.38 bits per heavy atom. The lowest BCUT2D eigenvalue weighted by atomic mass is 10.0. The average molecular weight is 219 g/mol. The minimum Gasteiger partial charge on any atom is -0.375 e. The minimum absolute atomic E-state index is 0.311. The van der Waals surface area contributed by atoms with Crippen molar-refractivity contribution in [2.24, 2.45) is 5.73 Å². The van der Waals surface area contributed by atoms with E-state index in [1.165, 1.54) is 0 Å². The van der Waals surface area contributed by atoms with Crippen LogP contribution in [-0.4, -0.2) is 17.1 Å². The van der Waals surface area contributed by atoms with Crippen molar-refractivity contribution < 1.29 is 4.74 Å². The van der Waals surface area contributed by atoms with Gasteiger partial charge in [0.2, 0.25) is 0 Å². The van der Waals surface area contributed by atoms with E-state index < -0.39 is 0 Å². The van der Waals surface area contributed by atoms with Crippen LogP contribution in [0.3, 0.4) is 0 Å². The largest absolute Gasteiger partial charge is 0.375 e. The molecular weight excluding hydrogens is 202 g/mol. The van der Waals surface area contributed by atoms with E-state index in [2.05, 4.69) is 4.98 Å². The molecule has 86 valence electrons. The first kappa shape index (κ1) is 12.6. The van der Waals surface area contributed by atoms with Crippen LogP contribution in [0.1, 0.15) is 31.5 Å². The fraction of sp³-hybridized carbons (Fsp3) is 0.500. The van der Waals surface area contributed by atoms with Crippen molar-refractivity contribution in [2.45, 2.75) is 32.4 Å². The van der Waals surface area contributed by atoms with Gasteiger partial charge in [-0.25, -0.2) is 4.98 Å². The Balaban J connectivity index is 2.53. The van der Waals surface area contributed by atoms with Gasteiger partial charge in [-0.3, -0.25) is 0 Å². The highest BCUT2D eigenvalue weighted by Crippen LogP contribution is 2.09. The van der Waals surface area contributed by atoms with E-state index in [4.69, 9.17) is 15.7 Å². The van der Waals surface area contributed by atoms with Crippen LogP contribution in [0.4, 0.5) is 0 Å². The number of hydrogen-bond donors (Lipinski definition) is 1. The van der Waals surface area contributed by atoms with Crippen molar-refractivity contribution in [1.82, 2.24) is 4.98 Å². The van der Waals surface area contributed by atoms with Gasteiger partial charge < -0.3 is 10.5 Å². The van der Waals surface area contributed by atoms with Crippen LogP contribution in [0.2, 0.25) is 0 Å². The topological polar surface area (TPSA) is 71.9 Å². The monoisotopic (exact) mass is 219 g/mol. The van der Waals surface area contributed by atoms with Crippen LogP contribution in [0.5, 0.6) is 0 Å². The fourth-order valence-corrected chi connectivity index (χ4v) is 1.15. The van der Waals surface area contributed by atoms with Gasteiger partial charge in [0.25, 0.3) is 0 Å². The summed E-state index contributed by atoms with van der Waals surface area (Å²) in [5.41, 5.74) is 6.85. The third kappa shape index (κ3) is 3.61. The summed E-state index contributed by atoms with van der Waals surface area (Å²) in [7, 11) is 0. The molecular formula is C12H17N3O. The average Bonchev–Trinajstić information content (AvgIpc) is 2.29. The summed E-state index contributed by atoms with van der Waals surface area (Å²) in [6.07, 6.45) is 2.45. The molecule has 16 heavy (non-hydrogen) atoms. The maximum Gasteiger partial charge on any atom is 0.145 e. The molecule has 0 aromatic carbocycles. The highest BCUT2D eigenvalue weighted by atomic mass is 16.5. The van der Waals surface area contributed by atoms with Gasteiger partial charge in [0.1, 0.15) is 11.8 Å². The number of nitriles is 1. The molecule has 1 aromatic heterocycles. The zero-order valence-electron chi connectivity index (χ0n) is 9.73. The van der Waals surface area contributed by atoms with Gasteiger partial charge in [0.05, 0.1) is 13.2 Å². The molecule has 1 unspecified atom stereocenters. The summed E-state index contributed by atoms with van der Waals surface area (Å²) in [4.78, 5) is 3.96. The Morgan fingerprint density at radius 3 is 3.00 bits per heavy atom. The number of nitrogens with zero attached hydrogens (tertiary/aromatic N) is 2. The van der Waals surface area contributed by atoms with Gasteiger partial charge in [0.15, 0.2) is 0 Å². The van der Waals surface area contributed by atoms with E-state index in [1.54, 1.807) is 12.3 Å². The van der Waals surface area contributed by atoms with E-state index in [-0.39, 0.29) is 5.54 Å². The molecule has 0 radical (unpaired) electrons. The van der Waals surface area contributed by atoms with E-state index in [0.717, 1.165) is 12.0 Å². The molecule has 4 nitrogen and oxygen atoms in total. The second-order valence-corrected chi connectivity index (χ2v) is 4.12. The summed E-state index contributed by atoms with van der Waals surface area (Å²) in [6, 6.07) is 5.67. The first-order valence-corrected chi connectivity index (χ1v) is 5.29. The van der Waals surface area contributed by atoms with E-state index >= 15 is 0 Å². The van der Waals surface area contributed by atoms with Crippen LogP contribution < -0.4 is 5.73 Å². The summed E-state index contributed by atoms with van der Waals surface area (Å²) < 4.78 is 5.50. The molecule has 0 saturated heterocycles. The maximum atomic E-state index is 8.83. The smallest absolute Gasteiger partial charge is 0.145 e. The Morgan fingerprint density at radius 1 is 1.62 bits per heavy atom. The van der Waals surface area contributed by atoms with Gasteiger partial charge in [-0.15, -0.1) is 0 Å². The van der Waals surface area contributed by atoms with Crippen LogP contribution in [0, 0.1) is 11.3 Å². The van der Waals surface area contributed by atoms with Crippen LogP contribution in [0.25, 0.3) is 0 Å². The number of rotatable bonds is 5. The van der Waals surface area contributed by atoms with E-state index in [0.29, 0.717) is 18.9 Å². The highest BCUT2D eigenvalue weighted by molar-refractivity contribution is 5.29. The molecule has 0 amide bonds. The maximum absolute atomic E-state index is 8.83. The molecule has 1 heterocycles. The van der Waals surface area contributed by atoms with E-state index in [9.17, 15) is 0 Å². The Kier molecular flexibility index (Phi) is 4.41. The van der Waals surface area contributed by atoms with Gasteiger partial charge in [-0.05, 0) is 19.4 Å². The fourth-order valence-electron chi connectivity index (χ4n) is 1.15. The lowest BCUT2D eigenvalue weighted by molar-refractivity contribution is 0.0774. The minimum atomic E-state index is -0.311. The molecule has 0 bridgehead atoms. The second-order valence-electron chi connectivity index (χ2n) is 4.12. The first-order chi connectivity index (χ1) is 7.59. The van der Waals surface area contributed by atoms with E-state index in [1.807, 2.05) is 26.0 Å². The Bertz CT molecular complexity index is 382. The summed E-state index contributed by atoms with van der Waals surface area (Å²) in [5.74, 6) is 0. The van der Waals surface area contributed by atoms with Gasteiger partial charge in [0, 0.05) is 17.3 Å². The van der Waals surface area contributed by atoms with Crippen LogP contribution in [0.15, 0.2) is 18.3 Å². The zero-order valence-corrected chi connectivity index (χ0v) is 9.73. The number of aromatic nitrogens is 1. The molecule has 1 rings (SSSR count). The summed E-state index contributed by atoms with van der Waals surface area (Å²) in [6.45, 7) is 4.82. The predicted molar refractivity (Wildman–Crippen MR) is 61.5 cm³/mol. The molecule has 0 fully saturated rings. The van der Waals surface area contributed by atoms with Crippen molar-refractivity contribution in [3.8, 4) is 6.07 Å². The molecule has 0 aliphatic rings. The number of hydrogen-bond acceptors (Lipinski definition) is 4. The predicted octanol–water partition coefficient (Wildman–Crippen LogP) is 1.60. The van der Waals surface area contributed by atoms with Gasteiger partial charge >= 0.3 is 0 Å². The molecule has 4 heteroatoms. The lowest BCUT2D eigenvalue weighted by Crippen LogP contribution is -2.40. The normalized spacial score (nSPS) is 14.1.